The van der Waals surface area contributed by atoms with Crippen LogP contribution in [0.5, 0.6) is 0 Å². The molecular formula is C25H32ClN3O. The van der Waals surface area contributed by atoms with Crippen LogP contribution in [0.15, 0.2) is 48.5 Å². The van der Waals surface area contributed by atoms with Gasteiger partial charge in [0.05, 0.1) is 0 Å². The van der Waals surface area contributed by atoms with E-state index in [1.807, 2.05) is 29.2 Å². The molecule has 1 spiro atoms. The van der Waals surface area contributed by atoms with Crippen molar-refractivity contribution in [3.05, 3.63) is 64.7 Å². The van der Waals surface area contributed by atoms with Crippen LogP contribution in [0.25, 0.3) is 0 Å². The largest absolute Gasteiger partial charge is 0.324 e. The predicted molar refractivity (Wildman–Crippen MR) is 124 cm³/mol. The van der Waals surface area contributed by atoms with Gasteiger partial charge in [-0.05, 0) is 68.5 Å². The summed E-state index contributed by atoms with van der Waals surface area (Å²) in [5.41, 5.74) is 3.73. The molecule has 2 saturated heterocycles. The molecule has 1 N–H and O–H groups in total. The molecule has 1 unspecified atom stereocenters. The lowest BCUT2D eigenvalue weighted by Gasteiger charge is -2.62. The van der Waals surface area contributed by atoms with Crippen molar-refractivity contribution in [2.45, 2.75) is 52.1 Å². The number of hydrogen-bond donors (Lipinski definition) is 1. The molecule has 30 heavy (non-hydrogen) atoms. The average molecular weight is 426 g/mol. The second-order valence-corrected chi connectivity index (χ2v) is 9.49. The van der Waals surface area contributed by atoms with Crippen LogP contribution < -0.4 is 5.32 Å². The van der Waals surface area contributed by atoms with Gasteiger partial charge in [0.25, 0.3) is 0 Å². The lowest BCUT2D eigenvalue weighted by Crippen LogP contribution is -2.64. The second kappa shape index (κ2) is 8.60. The van der Waals surface area contributed by atoms with E-state index >= 15 is 0 Å². The Balaban J connectivity index is 1.41. The van der Waals surface area contributed by atoms with E-state index in [0.29, 0.717) is 12.1 Å². The predicted octanol–water partition coefficient (Wildman–Crippen LogP) is 5.98. The zero-order valence-corrected chi connectivity index (χ0v) is 19.0. The van der Waals surface area contributed by atoms with Crippen molar-refractivity contribution >= 4 is 23.3 Å². The SMILES string of the molecule is CCc1ccc(NC(=O)N2CCC3(CC2)CN(C(C)C)C3c2ccc(Cl)cc2)cc1. The van der Waals surface area contributed by atoms with Gasteiger partial charge in [0.2, 0.25) is 0 Å². The lowest BCUT2D eigenvalue weighted by molar-refractivity contribution is -0.123. The Morgan fingerprint density at radius 2 is 1.73 bits per heavy atom. The summed E-state index contributed by atoms with van der Waals surface area (Å²) in [6, 6.07) is 17.4. The number of carbonyl (C=O) groups is 1. The van der Waals surface area contributed by atoms with E-state index in [0.717, 1.165) is 49.6 Å². The molecule has 0 aliphatic carbocycles. The van der Waals surface area contributed by atoms with E-state index in [1.165, 1.54) is 11.1 Å². The average Bonchev–Trinajstić information content (AvgIpc) is 2.74. The van der Waals surface area contributed by atoms with Crippen molar-refractivity contribution in [3.8, 4) is 0 Å². The number of piperidine rings is 1. The van der Waals surface area contributed by atoms with Gasteiger partial charge < -0.3 is 10.2 Å². The maximum absolute atomic E-state index is 12.8. The van der Waals surface area contributed by atoms with E-state index in [1.54, 1.807) is 0 Å². The third-order valence-corrected chi connectivity index (χ3v) is 7.17. The van der Waals surface area contributed by atoms with Crippen molar-refractivity contribution in [2.75, 3.05) is 25.0 Å². The number of nitrogens with one attached hydrogen (secondary N) is 1. The fraction of sp³-hybridized carbons (Fsp3) is 0.480. The van der Waals surface area contributed by atoms with Crippen LogP contribution >= 0.6 is 11.6 Å². The molecule has 0 saturated carbocycles. The van der Waals surface area contributed by atoms with Crippen LogP contribution in [0.4, 0.5) is 10.5 Å². The zero-order chi connectivity index (χ0) is 21.3. The van der Waals surface area contributed by atoms with Gasteiger partial charge in [-0.1, -0.05) is 42.8 Å². The van der Waals surface area contributed by atoms with Crippen LogP contribution in [0.3, 0.4) is 0 Å². The van der Waals surface area contributed by atoms with E-state index in [9.17, 15) is 4.79 Å². The third-order valence-electron chi connectivity index (χ3n) is 6.92. The normalized spacial score (nSPS) is 21.0. The standard InChI is InChI=1S/C25H32ClN3O/c1-4-19-5-11-22(12-6-19)27-24(30)28-15-13-25(14-16-28)17-29(18(2)3)23(25)20-7-9-21(26)10-8-20/h5-12,18,23H,4,13-17H2,1-3H3,(H,27,30). The molecule has 2 heterocycles. The number of halogens is 1. The number of aryl methyl sites for hydroxylation is 1. The van der Waals surface area contributed by atoms with Gasteiger partial charge in [-0.3, -0.25) is 4.90 Å². The Kier molecular flexibility index (Phi) is 6.08. The van der Waals surface area contributed by atoms with Gasteiger partial charge in [0, 0.05) is 47.8 Å². The first-order chi connectivity index (χ1) is 14.4. The minimum absolute atomic E-state index is 0.0113. The molecule has 2 aromatic carbocycles. The van der Waals surface area contributed by atoms with Gasteiger partial charge in [-0.15, -0.1) is 0 Å². The molecule has 0 bridgehead atoms. The maximum Gasteiger partial charge on any atom is 0.321 e. The number of rotatable bonds is 4. The van der Waals surface area contributed by atoms with Crippen LogP contribution in [0, 0.1) is 5.41 Å². The zero-order valence-electron chi connectivity index (χ0n) is 18.2. The van der Waals surface area contributed by atoms with Crippen molar-refractivity contribution in [2.24, 2.45) is 5.41 Å². The topological polar surface area (TPSA) is 35.6 Å². The van der Waals surface area contributed by atoms with E-state index in [2.05, 4.69) is 55.3 Å². The molecule has 1 atom stereocenters. The van der Waals surface area contributed by atoms with Gasteiger partial charge >= 0.3 is 6.03 Å². The molecule has 2 aliphatic rings. The Labute approximate surface area is 185 Å². The summed E-state index contributed by atoms with van der Waals surface area (Å²) >= 11 is 6.13. The molecule has 4 rings (SSSR count). The summed E-state index contributed by atoms with van der Waals surface area (Å²) in [6.45, 7) is 9.37. The fourth-order valence-electron chi connectivity index (χ4n) is 5.06. The molecule has 2 fully saturated rings. The molecule has 2 amide bonds. The van der Waals surface area contributed by atoms with Crippen LogP contribution in [-0.2, 0) is 6.42 Å². The monoisotopic (exact) mass is 425 g/mol. The first-order valence-electron chi connectivity index (χ1n) is 11.1. The van der Waals surface area contributed by atoms with Crippen LogP contribution in [0.2, 0.25) is 5.02 Å². The van der Waals surface area contributed by atoms with E-state index in [4.69, 9.17) is 11.6 Å². The Bertz CT molecular complexity index is 870. The van der Waals surface area contributed by atoms with E-state index in [-0.39, 0.29) is 11.4 Å². The molecule has 2 aromatic rings. The summed E-state index contributed by atoms with van der Waals surface area (Å²) in [5.74, 6) is 0. The first kappa shape index (κ1) is 21.2. The summed E-state index contributed by atoms with van der Waals surface area (Å²) in [7, 11) is 0. The van der Waals surface area contributed by atoms with Crippen LogP contribution in [-0.4, -0.2) is 41.5 Å². The maximum atomic E-state index is 12.8. The highest BCUT2D eigenvalue weighted by molar-refractivity contribution is 6.30. The molecular weight excluding hydrogens is 394 g/mol. The third kappa shape index (κ3) is 4.08. The number of likely N-dealkylation sites (tertiary alicyclic amines) is 2. The lowest BCUT2D eigenvalue weighted by atomic mass is 9.62. The molecule has 0 aromatic heterocycles. The van der Waals surface area contributed by atoms with Crippen LogP contribution in [0.1, 0.15) is 50.8 Å². The van der Waals surface area contributed by atoms with Crippen molar-refractivity contribution in [1.29, 1.82) is 0 Å². The van der Waals surface area contributed by atoms with Crippen molar-refractivity contribution in [3.63, 3.8) is 0 Å². The number of hydrogen-bond acceptors (Lipinski definition) is 2. The quantitative estimate of drug-likeness (QED) is 0.653. The molecule has 5 heteroatoms. The highest BCUT2D eigenvalue weighted by Crippen LogP contribution is 2.55. The summed E-state index contributed by atoms with van der Waals surface area (Å²) in [4.78, 5) is 17.3. The summed E-state index contributed by atoms with van der Waals surface area (Å²) in [5, 5.41) is 3.84. The number of carbonyl (C=O) groups excluding carboxylic acids is 1. The highest BCUT2D eigenvalue weighted by atomic mass is 35.5. The minimum Gasteiger partial charge on any atom is -0.324 e. The number of benzene rings is 2. The number of anilines is 1. The van der Waals surface area contributed by atoms with Gasteiger partial charge in [0.15, 0.2) is 0 Å². The Morgan fingerprint density at radius 3 is 2.30 bits per heavy atom. The smallest absolute Gasteiger partial charge is 0.321 e. The summed E-state index contributed by atoms with van der Waals surface area (Å²) in [6.07, 6.45) is 3.07. The molecule has 0 radical (unpaired) electrons. The van der Waals surface area contributed by atoms with Gasteiger partial charge in [0.1, 0.15) is 0 Å². The summed E-state index contributed by atoms with van der Waals surface area (Å²) < 4.78 is 0. The first-order valence-corrected chi connectivity index (χ1v) is 11.5. The van der Waals surface area contributed by atoms with Gasteiger partial charge in [-0.25, -0.2) is 4.79 Å². The van der Waals surface area contributed by atoms with Gasteiger partial charge in [-0.2, -0.15) is 0 Å². The van der Waals surface area contributed by atoms with E-state index < -0.39 is 0 Å². The number of amides is 2. The highest BCUT2D eigenvalue weighted by Gasteiger charge is 2.54. The Hall–Kier alpha value is -2.04. The minimum atomic E-state index is 0.0113. The molecule has 160 valence electrons. The fourth-order valence-corrected chi connectivity index (χ4v) is 5.19. The molecule has 4 nitrogen and oxygen atoms in total. The van der Waals surface area contributed by atoms with Crippen molar-refractivity contribution in [1.82, 2.24) is 9.80 Å². The molecule has 2 aliphatic heterocycles. The Morgan fingerprint density at radius 1 is 1.10 bits per heavy atom. The number of urea groups is 1. The number of nitrogens with zero attached hydrogens (tertiary/aromatic N) is 2. The second-order valence-electron chi connectivity index (χ2n) is 9.05. The van der Waals surface area contributed by atoms with Crippen molar-refractivity contribution < 1.29 is 4.79 Å².